The zero-order valence-electron chi connectivity index (χ0n) is 25.7. The van der Waals surface area contributed by atoms with Crippen molar-refractivity contribution in [1.82, 2.24) is 0 Å². The third-order valence-electron chi connectivity index (χ3n) is 6.64. The van der Waals surface area contributed by atoms with Gasteiger partial charge in [-0.1, -0.05) is 117 Å². The van der Waals surface area contributed by atoms with Crippen molar-refractivity contribution in [1.29, 1.82) is 0 Å². The molecular weight excluding hydrogens is 480 g/mol. The average Bonchev–Trinajstić information content (AvgIpc) is 2.93. The number of hydrogen-bond donors (Lipinski definition) is 0. The Bertz CT molecular complexity index is 360. The van der Waals surface area contributed by atoms with Crippen LogP contribution in [0.3, 0.4) is 0 Å². The number of unbranched alkanes of at least 4 members (excludes halogenated alkanes) is 16. The van der Waals surface area contributed by atoms with Crippen molar-refractivity contribution in [2.75, 3.05) is 79.3 Å². The molecule has 0 radical (unpaired) electrons. The monoisotopic (exact) mass is 546 g/mol. The first-order chi connectivity index (χ1) is 18.9. The maximum absolute atomic E-state index is 5.67. The SMILES string of the molecule is CCCCCCCCCCCCCCCOCCOCCOCCOCCOCCOCCCCCCC. The number of ether oxygens (including phenoxy) is 6. The highest BCUT2D eigenvalue weighted by molar-refractivity contribution is 4.49. The molecule has 0 amide bonds. The van der Waals surface area contributed by atoms with Gasteiger partial charge >= 0.3 is 0 Å². The van der Waals surface area contributed by atoms with Gasteiger partial charge in [0.05, 0.1) is 66.1 Å². The lowest BCUT2D eigenvalue weighted by atomic mass is 10.0. The number of rotatable bonds is 35. The first kappa shape index (κ1) is 37.8. The molecular formula is C32H66O6. The van der Waals surface area contributed by atoms with Crippen molar-refractivity contribution in [3.63, 3.8) is 0 Å². The van der Waals surface area contributed by atoms with Crippen LogP contribution in [0, 0.1) is 0 Å². The molecule has 0 aromatic carbocycles. The van der Waals surface area contributed by atoms with Gasteiger partial charge in [0.1, 0.15) is 0 Å². The Hall–Kier alpha value is -0.240. The third kappa shape index (κ3) is 35.8. The topological polar surface area (TPSA) is 55.4 Å². The molecule has 0 aliphatic rings. The second-order valence-corrected chi connectivity index (χ2v) is 10.3. The van der Waals surface area contributed by atoms with Crippen LogP contribution in [0.1, 0.15) is 129 Å². The molecule has 6 heteroatoms. The van der Waals surface area contributed by atoms with Crippen LogP contribution in [0.15, 0.2) is 0 Å². The van der Waals surface area contributed by atoms with E-state index < -0.39 is 0 Å². The van der Waals surface area contributed by atoms with E-state index >= 15 is 0 Å². The highest BCUT2D eigenvalue weighted by Gasteiger charge is 1.96. The largest absolute Gasteiger partial charge is 0.379 e. The van der Waals surface area contributed by atoms with Crippen LogP contribution in [0.25, 0.3) is 0 Å². The summed E-state index contributed by atoms with van der Waals surface area (Å²) in [5.74, 6) is 0. The van der Waals surface area contributed by atoms with Crippen molar-refractivity contribution in [3.8, 4) is 0 Å². The summed E-state index contributed by atoms with van der Waals surface area (Å²) in [6.07, 6.45) is 24.3. The Labute approximate surface area is 237 Å². The van der Waals surface area contributed by atoms with Gasteiger partial charge in [-0.15, -0.1) is 0 Å². The van der Waals surface area contributed by atoms with Crippen LogP contribution in [0.4, 0.5) is 0 Å². The van der Waals surface area contributed by atoms with E-state index in [-0.39, 0.29) is 0 Å². The highest BCUT2D eigenvalue weighted by Crippen LogP contribution is 2.12. The van der Waals surface area contributed by atoms with E-state index in [0.29, 0.717) is 66.1 Å². The fourth-order valence-electron chi connectivity index (χ4n) is 4.23. The second-order valence-electron chi connectivity index (χ2n) is 10.3. The van der Waals surface area contributed by atoms with Crippen LogP contribution in [-0.2, 0) is 28.4 Å². The summed E-state index contributed by atoms with van der Waals surface area (Å²) in [5, 5.41) is 0. The van der Waals surface area contributed by atoms with Crippen molar-refractivity contribution in [3.05, 3.63) is 0 Å². The predicted octanol–water partition coefficient (Wildman–Crippen LogP) is 8.15. The fraction of sp³-hybridized carbons (Fsp3) is 1.00. The summed E-state index contributed by atoms with van der Waals surface area (Å²) in [7, 11) is 0. The molecule has 0 aliphatic carbocycles. The standard InChI is InChI=1S/C32H66O6/c1-3-5-7-9-10-11-12-13-14-15-16-18-20-22-34-24-26-36-28-30-38-32-31-37-29-27-35-25-23-33-21-19-17-8-6-4-2/h3-32H2,1-2H3. The summed E-state index contributed by atoms with van der Waals surface area (Å²) in [6, 6.07) is 0. The molecule has 0 unspecified atom stereocenters. The molecule has 0 heterocycles. The lowest BCUT2D eigenvalue weighted by molar-refractivity contribution is -0.0169. The van der Waals surface area contributed by atoms with E-state index in [0.717, 1.165) is 19.6 Å². The molecule has 0 N–H and O–H groups in total. The molecule has 0 aromatic heterocycles. The van der Waals surface area contributed by atoms with Crippen LogP contribution in [0.2, 0.25) is 0 Å². The van der Waals surface area contributed by atoms with Gasteiger partial charge in [-0.2, -0.15) is 0 Å². The van der Waals surface area contributed by atoms with E-state index in [9.17, 15) is 0 Å². The molecule has 0 atom stereocenters. The van der Waals surface area contributed by atoms with Crippen molar-refractivity contribution < 1.29 is 28.4 Å². The Morgan fingerprint density at radius 1 is 0.211 bits per heavy atom. The predicted molar refractivity (Wildman–Crippen MR) is 159 cm³/mol. The summed E-state index contributed by atoms with van der Waals surface area (Å²) < 4.78 is 33.3. The normalized spacial score (nSPS) is 11.5. The van der Waals surface area contributed by atoms with Gasteiger partial charge in [-0.05, 0) is 12.8 Å². The molecule has 0 saturated carbocycles. The van der Waals surface area contributed by atoms with Gasteiger partial charge in [0.25, 0.3) is 0 Å². The number of hydrogen-bond acceptors (Lipinski definition) is 6. The molecule has 38 heavy (non-hydrogen) atoms. The minimum Gasteiger partial charge on any atom is -0.379 e. The van der Waals surface area contributed by atoms with Gasteiger partial charge in [0, 0.05) is 13.2 Å². The molecule has 0 aliphatic heterocycles. The van der Waals surface area contributed by atoms with E-state index in [1.165, 1.54) is 109 Å². The van der Waals surface area contributed by atoms with E-state index in [1.54, 1.807) is 0 Å². The van der Waals surface area contributed by atoms with Crippen molar-refractivity contribution >= 4 is 0 Å². The van der Waals surface area contributed by atoms with Crippen molar-refractivity contribution in [2.45, 2.75) is 129 Å². The second kappa shape index (κ2) is 36.8. The van der Waals surface area contributed by atoms with Gasteiger partial charge in [0.2, 0.25) is 0 Å². The maximum atomic E-state index is 5.67. The minimum atomic E-state index is 0.583. The molecule has 6 nitrogen and oxygen atoms in total. The summed E-state index contributed by atoms with van der Waals surface area (Å²) in [5.41, 5.74) is 0. The van der Waals surface area contributed by atoms with Gasteiger partial charge < -0.3 is 28.4 Å². The maximum Gasteiger partial charge on any atom is 0.0701 e. The van der Waals surface area contributed by atoms with Crippen LogP contribution < -0.4 is 0 Å². The Kier molecular flexibility index (Phi) is 36.5. The molecule has 0 aromatic rings. The van der Waals surface area contributed by atoms with Gasteiger partial charge in [-0.25, -0.2) is 0 Å². The van der Waals surface area contributed by atoms with Crippen LogP contribution in [-0.4, -0.2) is 79.3 Å². The highest BCUT2D eigenvalue weighted by atomic mass is 16.6. The summed E-state index contributed by atoms with van der Waals surface area (Å²) in [6.45, 7) is 12.4. The Balaban J connectivity index is 3.01. The minimum absolute atomic E-state index is 0.583. The lowest BCUT2D eigenvalue weighted by Crippen LogP contribution is -2.14. The summed E-state index contributed by atoms with van der Waals surface area (Å²) in [4.78, 5) is 0. The molecule has 0 rings (SSSR count). The van der Waals surface area contributed by atoms with Gasteiger partial charge in [0.15, 0.2) is 0 Å². The molecule has 0 spiro atoms. The molecule has 230 valence electrons. The quantitative estimate of drug-likeness (QED) is 0.0748. The first-order valence-corrected chi connectivity index (χ1v) is 16.4. The van der Waals surface area contributed by atoms with Crippen LogP contribution >= 0.6 is 0 Å². The molecule has 0 saturated heterocycles. The molecule has 0 bridgehead atoms. The lowest BCUT2D eigenvalue weighted by Gasteiger charge is -2.08. The third-order valence-corrected chi connectivity index (χ3v) is 6.64. The fourth-order valence-corrected chi connectivity index (χ4v) is 4.23. The van der Waals surface area contributed by atoms with E-state index in [1.807, 2.05) is 0 Å². The summed E-state index contributed by atoms with van der Waals surface area (Å²) >= 11 is 0. The zero-order chi connectivity index (χ0) is 27.5. The van der Waals surface area contributed by atoms with E-state index in [4.69, 9.17) is 28.4 Å². The smallest absolute Gasteiger partial charge is 0.0701 e. The van der Waals surface area contributed by atoms with Crippen LogP contribution in [0.5, 0.6) is 0 Å². The molecule has 0 fully saturated rings. The Morgan fingerprint density at radius 3 is 0.632 bits per heavy atom. The Morgan fingerprint density at radius 2 is 0.395 bits per heavy atom. The zero-order valence-corrected chi connectivity index (χ0v) is 25.7. The van der Waals surface area contributed by atoms with E-state index in [2.05, 4.69) is 13.8 Å². The van der Waals surface area contributed by atoms with Crippen molar-refractivity contribution in [2.24, 2.45) is 0 Å². The average molecular weight is 547 g/mol. The van der Waals surface area contributed by atoms with Gasteiger partial charge in [-0.3, -0.25) is 0 Å². The first-order valence-electron chi connectivity index (χ1n) is 16.4.